The topological polar surface area (TPSA) is 71.3 Å². The molecule has 1 atom stereocenters. The molecule has 1 unspecified atom stereocenters. The van der Waals surface area contributed by atoms with Crippen LogP contribution in [0.2, 0.25) is 0 Å². The van der Waals surface area contributed by atoms with Crippen LogP contribution in [0.3, 0.4) is 0 Å². The number of aliphatic hydroxyl groups excluding tert-OH is 1. The van der Waals surface area contributed by atoms with Crippen LogP contribution in [-0.4, -0.2) is 24.6 Å². The van der Waals surface area contributed by atoms with E-state index in [2.05, 4.69) is 4.72 Å². The summed E-state index contributed by atoms with van der Waals surface area (Å²) in [6.07, 6.45) is 1.10. The van der Waals surface area contributed by atoms with Crippen molar-refractivity contribution in [1.29, 1.82) is 0 Å². The quantitative estimate of drug-likeness (QED) is 0.847. The highest BCUT2D eigenvalue weighted by Crippen LogP contribution is 2.17. The Morgan fingerprint density at radius 2 is 2.00 bits per heavy atom. The largest absolute Gasteiger partial charge is 0.387 e. The Morgan fingerprint density at radius 3 is 2.59 bits per heavy atom. The molecule has 2 aromatic rings. The number of nitrogens with one attached hydrogen (secondary N) is 1. The van der Waals surface area contributed by atoms with Gasteiger partial charge in [0, 0.05) is 25.5 Å². The van der Waals surface area contributed by atoms with Crippen LogP contribution in [0.1, 0.15) is 18.2 Å². The normalized spacial score (nSPS) is 13.3. The highest BCUT2D eigenvalue weighted by Gasteiger charge is 2.17. The lowest BCUT2D eigenvalue weighted by atomic mass is 10.2. The minimum absolute atomic E-state index is 0.0341. The van der Waals surface area contributed by atoms with Gasteiger partial charge in [0.05, 0.1) is 11.0 Å². The molecule has 0 saturated carbocycles. The molecule has 5 nitrogen and oxygen atoms in total. The van der Waals surface area contributed by atoms with Crippen molar-refractivity contribution < 1.29 is 22.3 Å². The highest BCUT2D eigenvalue weighted by molar-refractivity contribution is 7.89. The number of aromatic nitrogens is 1. The molecule has 0 fully saturated rings. The Labute approximate surface area is 127 Å². The average Bonchev–Trinajstić information content (AvgIpc) is 2.87. The van der Waals surface area contributed by atoms with Crippen molar-refractivity contribution in [2.75, 3.05) is 6.54 Å². The summed E-state index contributed by atoms with van der Waals surface area (Å²) in [5, 5.41) is 9.97. The molecule has 2 N–H and O–H groups in total. The first kappa shape index (κ1) is 16.6. The predicted molar refractivity (Wildman–Crippen MR) is 76.5 cm³/mol. The molecule has 0 amide bonds. The lowest BCUT2D eigenvalue weighted by Crippen LogP contribution is -2.26. The Morgan fingerprint density at radius 1 is 1.27 bits per heavy atom. The summed E-state index contributed by atoms with van der Waals surface area (Å²) in [7, 11) is -2.18. The standard InChI is InChI=1S/C14H16F2N2O3S/c1-18-8-2-3-13(18)14(19)6-7-17-22(20,21)10-4-5-11(15)12(16)9-10/h2-5,8-9,14,17,19H,6-7H2,1H3. The second-order valence-corrected chi connectivity index (χ2v) is 6.59. The molecule has 0 saturated heterocycles. The Kier molecular flexibility index (Phi) is 4.94. The first-order chi connectivity index (χ1) is 10.3. The van der Waals surface area contributed by atoms with Crippen LogP contribution in [0.4, 0.5) is 8.78 Å². The molecule has 0 aliphatic carbocycles. The lowest BCUT2D eigenvalue weighted by molar-refractivity contribution is 0.161. The van der Waals surface area contributed by atoms with Gasteiger partial charge >= 0.3 is 0 Å². The third-order valence-electron chi connectivity index (χ3n) is 3.24. The van der Waals surface area contributed by atoms with E-state index in [0.29, 0.717) is 11.8 Å². The van der Waals surface area contributed by atoms with Crippen LogP contribution >= 0.6 is 0 Å². The molecule has 0 aliphatic rings. The number of rotatable bonds is 6. The number of aryl methyl sites for hydroxylation is 1. The molecule has 0 bridgehead atoms. The molecule has 1 heterocycles. The van der Waals surface area contributed by atoms with Crippen molar-refractivity contribution in [2.45, 2.75) is 17.4 Å². The van der Waals surface area contributed by atoms with E-state index in [9.17, 15) is 22.3 Å². The van der Waals surface area contributed by atoms with Crippen LogP contribution in [0.15, 0.2) is 41.4 Å². The van der Waals surface area contributed by atoms with Crippen LogP contribution in [0.5, 0.6) is 0 Å². The van der Waals surface area contributed by atoms with Gasteiger partial charge < -0.3 is 9.67 Å². The Hall–Kier alpha value is -1.77. The molecular formula is C14H16F2N2O3S. The molecule has 0 radical (unpaired) electrons. The molecule has 120 valence electrons. The number of halogens is 2. The van der Waals surface area contributed by atoms with Gasteiger partial charge in [-0.1, -0.05) is 0 Å². The molecular weight excluding hydrogens is 314 g/mol. The van der Waals surface area contributed by atoms with Crippen molar-refractivity contribution in [3.63, 3.8) is 0 Å². The summed E-state index contributed by atoms with van der Waals surface area (Å²) in [6.45, 7) is -0.0341. The van der Waals surface area contributed by atoms with Gasteiger partial charge in [-0.15, -0.1) is 0 Å². The van der Waals surface area contributed by atoms with Crippen molar-refractivity contribution >= 4 is 10.0 Å². The number of nitrogens with zero attached hydrogens (tertiary/aromatic N) is 1. The maximum atomic E-state index is 13.1. The number of benzene rings is 1. The Bertz CT molecular complexity index is 759. The highest BCUT2D eigenvalue weighted by atomic mass is 32.2. The van der Waals surface area contributed by atoms with Gasteiger partial charge in [-0.2, -0.15) is 0 Å². The predicted octanol–water partition coefficient (Wildman–Crippen LogP) is 1.71. The summed E-state index contributed by atoms with van der Waals surface area (Å²) in [6, 6.07) is 5.85. The third-order valence-corrected chi connectivity index (χ3v) is 4.70. The molecule has 1 aromatic heterocycles. The van der Waals surface area contributed by atoms with E-state index >= 15 is 0 Å². The minimum Gasteiger partial charge on any atom is -0.387 e. The van der Waals surface area contributed by atoms with E-state index in [4.69, 9.17) is 0 Å². The Balaban J connectivity index is 1.98. The number of hydrogen-bond donors (Lipinski definition) is 2. The maximum Gasteiger partial charge on any atom is 0.240 e. The molecule has 0 aliphatic heterocycles. The van der Waals surface area contributed by atoms with E-state index in [0.717, 1.165) is 12.1 Å². The van der Waals surface area contributed by atoms with Gasteiger partial charge in [-0.25, -0.2) is 21.9 Å². The summed E-state index contributed by atoms with van der Waals surface area (Å²) < 4.78 is 53.8. The number of aliphatic hydroxyl groups is 1. The number of sulfonamides is 1. The summed E-state index contributed by atoms with van der Waals surface area (Å²) >= 11 is 0. The SMILES string of the molecule is Cn1cccc1C(O)CCNS(=O)(=O)c1ccc(F)c(F)c1. The third kappa shape index (κ3) is 3.70. The van der Waals surface area contributed by atoms with Crippen molar-refractivity contribution in [3.8, 4) is 0 Å². The monoisotopic (exact) mass is 330 g/mol. The van der Waals surface area contributed by atoms with Gasteiger partial charge in [-0.05, 0) is 36.8 Å². The fourth-order valence-corrected chi connectivity index (χ4v) is 3.08. The molecule has 2 rings (SSSR count). The molecule has 22 heavy (non-hydrogen) atoms. The van der Waals surface area contributed by atoms with Crippen LogP contribution in [0, 0.1) is 11.6 Å². The van der Waals surface area contributed by atoms with Gasteiger partial charge in [-0.3, -0.25) is 0 Å². The van der Waals surface area contributed by atoms with Gasteiger partial charge in [0.25, 0.3) is 0 Å². The summed E-state index contributed by atoms with van der Waals surface area (Å²) in [4.78, 5) is -0.361. The van der Waals surface area contributed by atoms with Crippen molar-refractivity contribution in [1.82, 2.24) is 9.29 Å². The lowest BCUT2D eigenvalue weighted by Gasteiger charge is -2.13. The van der Waals surface area contributed by atoms with Crippen LogP contribution in [-0.2, 0) is 17.1 Å². The zero-order chi connectivity index (χ0) is 16.3. The van der Waals surface area contributed by atoms with Crippen LogP contribution in [0.25, 0.3) is 0 Å². The van der Waals surface area contributed by atoms with E-state index in [1.807, 2.05) is 0 Å². The van der Waals surface area contributed by atoms with E-state index in [1.54, 1.807) is 29.9 Å². The fourth-order valence-electron chi connectivity index (χ4n) is 2.03. The van der Waals surface area contributed by atoms with Gasteiger partial charge in [0.1, 0.15) is 0 Å². The zero-order valence-electron chi connectivity index (χ0n) is 11.8. The number of hydrogen-bond acceptors (Lipinski definition) is 3. The van der Waals surface area contributed by atoms with E-state index in [-0.39, 0.29) is 17.9 Å². The zero-order valence-corrected chi connectivity index (χ0v) is 12.6. The molecule has 1 aromatic carbocycles. The first-order valence-electron chi connectivity index (χ1n) is 6.55. The van der Waals surface area contributed by atoms with Crippen molar-refractivity contribution in [3.05, 3.63) is 53.9 Å². The molecule has 8 heteroatoms. The minimum atomic E-state index is -3.95. The first-order valence-corrected chi connectivity index (χ1v) is 8.03. The second-order valence-electron chi connectivity index (χ2n) is 4.82. The maximum absolute atomic E-state index is 13.1. The van der Waals surface area contributed by atoms with Gasteiger partial charge in [0.15, 0.2) is 11.6 Å². The van der Waals surface area contributed by atoms with E-state index in [1.165, 1.54) is 0 Å². The van der Waals surface area contributed by atoms with E-state index < -0.39 is 27.8 Å². The van der Waals surface area contributed by atoms with Gasteiger partial charge in [0.2, 0.25) is 10.0 Å². The second kappa shape index (κ2) is 6.55. The summed E-state index contributed by atoms with van der Waals surface area (Å²) in [5.41, 5.74) is 0.659. The van der Waals surface area contributed by atoms with Crippen LogP contribution < -0.4 is 4.72 Å². The summed E-state index contributed by atoms with van der Waals surface area (Å²) in [5.74, 6) is -2.34. The average molecular weight is 330 g/mol. The fraction of sp³-hybridized carbons (Fsp3) is 0.286. The molecule has 0 spiro atoms. The smallest absolute Gasteiger partial charge is 0.240 e. The van der Waals surface area contributed by atoms with Crippen molar-refractivity contribution in [2.24, 2.45) is 7.05 Å².